The Kier molecular flexibility index (Phi) is 4.08. The molecule has 0 aliphatic carbocycles. The molecule has 1 aromatic heterocycles. The molecule has 0 atom stereocenters. The van der Waals surface area contributed by atoms with Crippen LogP contribution in [-0.4, -0.2) is 4.98 Å². The lowest BCUT2D eigenvalue weighted by Crippen LogP contribution is -1.87. The normalized spacial score (nSPS) is 10.5. The zero-order valence-corrected chi connectivity index (χ0v) is 11.5. The standard InChI is InChI=1S/C14H14ClNS/c1-10-6-7-13(8-11(10)2)17-9-12-4-3-5-14(15)16-12/h3-8H,9H2,1-2H3. The average Bonchev–Trinajstić information content (AvgIpc) is 2.31. The van der Waals surface area contributed by atoms with E-state index in [1.165, 1.54) is 16.0 Å². The number of pyridine rings is 1. The van der Waals surface area contributed by atoms with Gasteiger partial charge in [0, 0.05) is 10.6 Å². The lowest BCUT2D eigenvalue weighted by atomic mass is 10.1. The van der Waals surface area contributed by atoms with Crippen LogP contribution in [0, 0.1) is 13.8 Å². The van der Waals surface area contributed by atoms with Gasteiger partial charge in [0.1, 0.15) is 5.15 Å². The molecule has 0 aliphatic heterocycles. The van der Waals surface area contributed by atoms with Crippen molar-refractivity contribution in [1.29, 1.82) is 0 Å². The molecule has 0 saturated heterocycles. The minimum atomic E-state index is 0.559. The third-order valence-corrected chi connectivity index (χ3v) is 3.88. The fourth-order valence-corrected chi connectivity index (χ4v) is 2.57. The highest BCUT2D eigenvalue weighted by Crippen LogP contribution is 2.24. The van der Waals surface area contributed by atoms with Crippen molar-refractivity contribution in [3.05, 3.63) is 58.4 Å². The third kappa shape index (κ3) is 3.48. The van der Waals surface area contributed by atoms with E-state index in [-0.39, 0.29) is 0 Å². The molecule has 0 spiro atoms. The Morgan fingerprint density at radius 3 is 2.65 bits per heavy atom. The van der Waals surface area contributed by atoms with E-state index >= 15 is 0 Å². The van der Waals surface area contributed by atoms with Gasteiger partial charge in [0.05, 0.1) is 5.69 Å². The molecule has 0 radical (unpaired) electrons. The second kappa shape index (κ2) is 5.56. The largest absolute Gasteiger partial charge is 0.240 e. The van der Waals surface area contributed by atoms with Crippen molar-refractivity contribution in [2.24, 2.45) is 0 Å². The zero-order chi connectivity index (χ0) is 12.3. The second-order valence-corrected chi connectivity index (χ2v) is 5.42. The molecule has 0 amide bonds. The Morgan fingerprint density at radius 2 is 1.94 bits per heavy atom. The molecule has 17 heavy (non-hydrogen) atoms. The highest BCUT2D eigenvalue weighted by molar-refractivity contribution is 7.98. The van der Waals surface area contributed by atoms with Crippen molar-refractivity contribution < 1.29 is 0 Å². The molecule has 0 fully saturated rings. The van der Waals surface area contributed by atoms with Crippen LogP contribution >= 0.6 is 23.4 Å². The highest BCUT2D eigenvalue weighted by atomic mass is 35.5. The summed E-state index contributed by atoms with van der Waals surface area (Å²) < 4.78 is 0. The van der Waals surface area contributed by atoms with Crippen LogP contribution in [0.1, 0.15) is 16.8 Å². The molecule has 0 bridgehead atoms. The van der Waals surface area contributed by atoms with Crippen LogP contribution in [0.2, 0.25) is 5.15 Å². The Bertz CT molecular complexity index is 525. The van der Waals surface area contributed by atoms with Gasteiger partial charge in [-0.25, -0.2) is 4.98 Å². The van der Waals surface area contributed by atoms with E-state index < -0.39 is 0 Å². The van der Waals surface area contributed by atoms with Crippen molar-refractivity contribution in [1.82, 2.24) is 4.98 Å². The average molecular weight is 264 g/mol. The third-order valence-electron chi connectivity index (χ3n) is 2.64. The van der Waals surface area contributed by atoms with Gasteiger partial charge < -0.3 is 0 Å². The van der Waals surface area contributed by atoms with E-state index in [0.717, 1.165) is 11.4 Å². The molecule has 1 aromatic carbocycles. The van der Waals surface area contributed by atoms with Crippen molar-refractivity contribution in [3.8, 4) is 0 Å². The highest BCUT2D eigenvalue weighted by Gasteiger charge is 2.00. The van der Waals surface area contributed by atoms with E-state index in [4.69, 9.17) is 11.6 Å². The Balaban J connectivity index is 2.05. The number of aromatic nitrogens is 1. The molecule has 0 unspecified atom stereocenters. The molecular weight excluding hydrogens is 250 g/mol. The zero-order valence-electron chi connectivity index (χ0n) is 9.90. The van der Waals surface area contributed by atoms with Crippen molar-refractivity contribution in [3.63, 3.8) is 0 Å². The predicted molar refractivity (Wildman–Crippen MR) is 74.7 cm³/mol. The summed E-state index contributed by atoms with van der Waals surface area (Å²) in [7, 11) is 0. The minimum Gasteiger partial charge on any atom is -0.240 e. The Morgan fingerprint density at radius 1 is 1.12 bits per heavy atom. The fourth-order valence-electron chi connectivity index (χ4n) is 1.49. The van der Waals surface area contributed by atoms with E-state index in [1.54, 1.807) is 17.8 Å². The second-order valence-electron chi connectivity index (χ2n) is 3.99. The number of halogens is 1. The SMILES string of the molecule is Cc1ccc(SCc2cccc(Cl)n2)cc1C. The van der Waals surface area contributed by atoms with Crippen LogP contribution in [0.25, 0.3) is 0 Å². The monoisotopic (exact) mass is 263 g/mol. The van der Waals surface area contributed by atoms with Gasteiger partial charge in [0.25, 0.3) is 0 Å². The Labute approximate surface area is 111 Å². The van der Waals surface area contributed by atoms with Gasteiger partial charge in [-0.05, 0) is 49.2 Å². The summed E-state index contributed by atoms with van der Waals surface area (Å²) in [4.78, 5) is 5.55. The number of aryl methyl sites for hydroxylation is 2. The molecule has 0 N–H and O–H groups in total. The first-order chi connectivity index (χ1) is 8.15. The molecule has 2 aromatic rings. The number of hydrogen-bond acceptors (Lipinski definition) is 2. The van der Waals surface area contributed by atoms with Gasteiger partial charge >= 0.3 is 0 Å². The molecule has 1 heterocycles. The smallest absolute Gasteiger partial charge is 0.129 e. The van der Waals surface area contributed by atoms with Crippen LogP contribution in [-0.2, 0) is 5.75 Å². The molecule has 0 aliphatic rings. The van der Waals surface area contributed by atoms with E-state index in [2.05, 4.69) is 37.0 Å². The van der Waals surface area contributed by atoms with Crippen LogP contribution in [0.5, 0.6) is 0 Å². The molecule has 0 saturated carbocycles. The van der Waals surface area contributed by atoms with Crippen molar-refractivity contribution in [2.75, 3.05) is 0 Å². The summed E-state index contributed by atoms with van der Waals surface area (Å²) in [6.07, 6.45) is 0. The maximum Gasteiger partial charge on any atom is 0.129 e. The lowest BCUT2D eigenvalue weighted by Gasteiger charge is -2.05. The van der Waals surface area contributed by atoms with Crippen LogP contribution in [0.15, 0.2) is 41.3 Å². The topological polar surface area (TPSA) is 12.9 Å². The summed E-state index contributed by atoms with van der Waals surface area (Å²) in [5, 5.41) is 0.559. The van der Waals surface area contributed by atoms with Gasteiger partial charge in [-0.1, -0.05) is 23.7 Å². The number of nitrogens with zero attached hydrogens (tertiary/aromatic N) is 1. The molecular formula is C14H14ClNS. The molecule has 88 valence electrons. The maximum absolute atomic E-state index is 5.85. The number of benzene rings is 1. The summed E-state index contributed by atoms with van der Waals surface area (Å²) in [5.41, 5.74) is 3.67. The number of hydrogen-bond donors (Lipinski definition) is 0. The first-order valence-corrected chi connectivity index (χ1v) is 6.83. The summed E-state index contributed by atoms with van der Waals surface area (Å²) in [5.74, 6) is 0.850. The summed E-state index contributed by atoms with van der Waals surface area (Å²) >= 11 is 7.64. The summed E-state index contributed by atoms with van der Waals surface area (Å²) in [6.45, 7) is 4.26. The van der Waals surface area contributed by atoms with Gasteiger partial charge in [-0.15, -0.1) is 11.8 Å². The van der Waals surface area contributed by atoms with Crippen molar-refractivity contribution in [2.45, 2.75) is 24.5 Å². The van der Waals surface area contributed by atoms with E-state index in [1.807, 2.05) is 12.1 Å². The first kappa shape index (κ1) is 12.5. The molecule has 1 nitrogen and oxygen atoms in total. The Hall–Kier alpha value is -0.990. The van der Waals surface area contributed by atoms with E-state index in [9.17, 15) is 0 Å². The van der Waals surface area contributed by atoms with Gasteiger partial charge in [0.15, 0.2) is 0 Å². The maximum atomic E-state index is 5.85. The number of rotatable bonds is 3. The van der Waals surface area contributed by atoms with Crippen molar-refractivity contribution >= 4 is 23.4 Å². The van der Waals surface area contributed by atoms with Crippen LogP contribution in [0.3, 0.4) is 0 Å². The fraction of sp³-hybridized carbons (Fsp3) is 0.214. The first-order valence-electron chi connectivity index (χ1n) is 5.46. The minimum absolute atomic E-state index is 0.559. The van der Waals surface area contributed by atoms with E-state index in [0.29, 0.717) is 5.15 Å². The molecule has 3 heteroatoms. The summed E-state index contributed by atoms with van der Waals surface area (Å²) in [6, 6.07) is 12.3. The quantitative estimate of drug-likeness (QED) is 0.591. The number of thioether (sulfide) groups is 1. The lowest BCUT2D eigenvalue weighted by molar-refractivity contribution is 1.17. The van der Waals surface area contributed by atoms with Gasteiger partial charge in [-0.3, -0.25) is 0 Å². The predicted octanol–water partition coefficient (Wildman–Crippen LogP) is 4.64. The van der Waals surface area contributed by atoms with Gasteiger partial charge in [0.2, 0.25) is 0 Å². The van der Waals surface area contributed by atoms with Crippen LogP contribution in [0.4, 0.5) is 0 Å². The van der Waals surface area contributed by atoms with Crippen LogP contribution < -0.4 is 0 Å². The molecule has 2 rings (SSSR count). The van der Waals surface area contributed by atoms with Gasteiger partial charge in [-0.2, -0.15) is 0 Å².